The monoisotopic (exact) mass is 283 g/mol. The molecule has 19 heavy (non-hydrogen) atoms. The first-order chi connectivity index (χ1) is 9.19. The minimum Gasteiger partial charge on any atom is -0.396 e. The zero-order chi connectivity index (χ0) is 13.7. The summed E-state index contributed by atoms with van der Waals surface area (Å²) in [6.45, 7) is 7.06. The fourth-order valence-electron chi connectivity index (χ4n) is 2.48. The molecule has 0 spiro atoms. The number of thiophene rings is 1. The van der Waals surface area contributed by atoms with Gasteiger partial charge in [0.2, 0.25) is 0 Å². The van der Waals surface area contributed by atoms with Crippen molar-refractivity contribution in [2.24, 2.45) is 5.41 Å². The predicted octanol–water partition coefficient (Wildman–Crippen LogP) is 2.75. The van der Waals surface area contributed by atoms with Gasteiger partial charge in [-0.15, -0.1) is 11.3 Å². The third-order valence-electron chi connectivity index (χ3n) is 4.13. The highest BCUT2D eigenvalue weighted by molar-refractivity contribution is 7.12. The average molecular weight is 283 g/mol. The summed E-state index contributed by atoms with van der Waals surface area (Å²) >= 11 is 1.88. The Kier molecular flexibility index (Phi) is 5.39. The van der Waals surface area contributed by atoms with Crippen molar-refractivity contribution in [1.29, 1.82) is 0 Å². The molecule has 1 unspecified atom stereocenters. The molecule has 1 aliphatic heterocycles. The first-order valence-corrected chi connectivity index (χ1v) is 8.01. The fraction of sp³-hybridized carbons (Fsp3) is 0.733. The van der Waals surface area contributed by atoms with Crippen LogP contribution < -0.4 is 5.32 Å². The third kappa shape index (κ3) is 3.78. The number of aliphatic hydroxyl groups is 1. The van der Waals surface area contributed by atoms with Crippen molar-refractivity contribution in [2.45, 2.75) is 39.2 Å². The highest BCUT2D eigenvalue weighted by atomic mass is 32.1. The molecule has 0 bridgehead atoms. The molecule has 2 heterocycles. The molecule has 0 aromatic carbocycles. The molecular formula is C15H25NO2S. The number of aryl methyl sites for hydroxylation is 1. The molecule has 2 N–H and O–H groups in total. The molecule has 0 radical (unpaired) electrons. The van der Waals surface area contributed by atoms with Crippen LogP contribution >= 0.6 is 11.3 Å². The Hall–Kier alpha value is -0.420. The Labute approximate surface area is 120 Å². The minimum absolute atomic E-state index is 0.0113. The van der Waals surface area contributed by atoms with Gasteiger partial charge >= 0.3 is 0 Å². The fourth-order valence-corrected chi connectivity index (χ4v) is 3.46. The number of hydrogen-bond acceptors (Lipinski definition) is 4. The molecular weight excluding hydrogens is 258 g/mol. The van der Waals surface area contributed by atoms with Crippen LogP contribution in [0.2, 0.25) is 0 Å². The van der Waals surface area contributed by atoms with E-state index in [-0.39, 0.29) is 12.0 Å². The van der Waals surface area contributed by atoms with E-state index in [0.717, 1.165) is 39.0 Å². The minimum atomic E-state index is 0.0113. The van der Waals surface area contributed by atoms with Crippen molar-refractivity contribution in [3.05, 3.63) is 21.9 Å². The van der Waals surface area contributed by atoms with Gasteiger partial charge in [-0.1, -0.05) is 6.92 Å². The lowest BCUT2D eigenvalue weighted by Crippen LogP contribution is -2.42. The molecule has 1 atom stereocenters. The van der Waals surface area contributed by atoms with E-state index in [2.05, 4.69) is 31.3 Å². The van der Waals surface area contributed by atoms with Crippen molar-refractivity contribution in [2.75, 3.05) is 26.4 Å². The highest BCUT2D eigenvalue weighted by Gasteiger charge is 2.32. The second-order valence-electron chi connectivity index (χ2n) is 5.53. The van der Waals surface area contributed by atoms with E-state index < -0.39 is 0 Å². The summed E-state index contributed by atoms with van der Waals surface area (Å²) < 4.78 is 5.40. The highest BCUT2D eigenvalue weighted by Crippen LogP contribution is 2.30. The Morgan fingerprint density at radius 2 is 2.16 bits per heavy atom. The molecule has 1 aromatic rings. The summed E-state index contributed by atoms with van der Waals surface area (Å²) in [5, 5.41) is 13.3. The largest absolute Gasteiger partial charge is 0.396 e. The van der Waals surface area contributed by atoms with Crippen molar-refractivity contribution in [3.63, 3.8) is 0 Å². The van der Waals surface area contributed by atoms with E-state index in [1.807, 2.05) is 11.3 Å². The molecule has 0 aliphatic carbocycles. The first-order valence-electron chi connectivity index (χ1n) is 7.20. The smallest absolute Gasteiger partial charge is 0.0501 e. The Morgan fingerprint density at radius 3 is 2.74 bits per heavy atom. The number of hydrogen-bond donors (Lipinski definition) is 2. The number of ether oxygens (including phenoxy) is 1. The number of nitrogens with one attached hydrogen (secondary N) is 1. The molecule has 108 valence electrons. The Balaban J connectivity index is 1.89. The van der Waals surface area contributed by atoms with Gasteiger partial charge in [0.15, 0.2) is 0 Å². The van der Waals surface area contributed by atoms with Crippen molar-refractivity contribution in [3.8, 4) is 0 Å². The molecule has 4 heteroatoms. The van der Waals surface area contributed by atoms with Crippen LogP contribution in [0.25, 0.3) is 0 Å². The van der Waals surface area contributed by atoms with E-state index in [0.29, 0.717) is 6.04 Å². The van der Waals surface area contributed by atoms with Crippen molar-refractivity contribution >= 4 is 11.3 Å². The van der Waals surface area contributed by atoms with Gasteiger partial charge in [0.25, 0.3) is 0 Å². The first kappa shape index (κ1) is 15.0. The quantitative estimate of drug-likeness (QED) is 0.843. The van der Waals surface area contributed by atoms with Crippen LogP contribution in [0.3, 0.4) is 0 Å². The van der Waals surface area contributed by atoms with Gasteiger partial charge in [-0.05, 0) is 38.3 Å². The van der Waals surface area contributed by atoms with Crippen LogP contribution in [-0.2, 0) is 11.2 Å². The van der Waals surface area contributed by atoms with E-state index in [9.17, 15) is 5.11 Å². The molecule has 0 amide bonds. The maximum atomic E-state index is 9.67. The normalized spacial score (nSPS) is 20.4. The number of aliphatic hydroxyl groups excluding tert-OH is 1. The van der Waals surface area contributed by atoms with E-state index in [4.69, 9.17) is 4.74 Å². The Bertz CT molecular complexity index is 385. The van der Waals surface area contributed by atoms with Gasteiger partial charge in [-0.3, -0.25) is 0 Å². The van der Waals surface area contributed by atoms with Gasteiger partial charge in [-0.2, -0.15) is 0 Å². The standard InChI is InChI=1S/C15H25NO2S/c1-3-13-4-5-14(19-13)12(2)16-10-15(11-17)6-8-18-9-7-15/h4-5,12,16-17H,3,6-11H2,1-2H3. The molecule has 2 rings (SSSR count). The van der Waals surface area contributed by atoms with Crippen LogP contribution in [0.4, 0.5) is 0 Å². The van der Waals surface area contributed by atoms with Gasteiger partial charge in [-0.25, -0.2) is 0 Å². The number of rotatable bonds is 6. The molecule has 3 nitrogen and oxygen atoms in total. The third-order valence-corrected chi connectivity index (χ3v) is 5.54. The van der Waals surface area contributed by atoms with E-state index in [1.54, 1.807) is 0 Å². The zero-order valence-corrected chi connectivity index (χ0v) is 12.8. The second kappa shape index (κ2) is 6.84. The molecule has 0 saturated carbocycles. The lowest BCUT2D eigenvalue weighted by molar-refractivity contribution is -0.0163. The lowest BCUT2D eigenvalue weighted by atomic mass is 9.81. The van der Waals surface area contributed by atoms with Gasteiger partial charge < -0.3 is 15.2 Å². The zero-order valence-electron chi connectivity index (χ0n) is 11.9. The van der Waals surface area contributed by atoms with E-state index in [1.165, 1.54) is 9.75 Å². The molecule has 1 fully saturated rings. The van der Waals surface area contributed by atoms with Crippen LogP contribution in [-0.4, -0.2) is 31.5 Å². The summed E-state index contributed by atoms with van der Waals surface area (Å²) in [7, 11) is 0. The summed E-state index contributed by atoms with van der Waals surface area (Å²) in [5.41, 5.74) is 0.0113. The van der Waals surface area contributed by atoms with Crippen molar-refractivity contribution in [1.82, 2.24) is 5.32 Å². The SMILES string of the molecule is CCc1ccc(C(C)NCC2(CO)CCOCC2)s1. The van der Waals surface area contributed by atoms with Crippen LogP contribution in [0, 0.1) is 5.41 Å². The van der Waals surface area contributed by atoms with Gasteiger partial charge in [0.05, 0.1) is 6.61 Å². The topological polar surface area (TPSA) is 41.5 Å². The van der Waals surface area contributed by atoms with Crippen molar-refractivity contribution < 1.29 is 9.84 Å². The lowest BCUT2D eigenvalue weighted by Gasteiger charge is -2.36. The molecule has 1 aromatic heterocycles. The summed E-state index contributed by atoms with van der Waals surface area (Å²) in [5.74, 6) is 0. The van der Waals surface area contributed by atoms with Gasteiger partial charge in [0.1, 0.15) is 0 Å². The summed E-state index contributed by atoms with van der Waals surface area (Å²) in [6, 6.07) is 4.79. The van der Waals surface area contributed by atoms with Crippen LogP contribution in [0.15, 0.2) is 12.1 Å². The van der Waals surface area contributed by atoms with E-state index >= 15 is 0 Å². The van der Waals surface area contributed by atoms with Crippen LogP contribution in [0.1, 0.15) is 42.5 Å². The average Bonchev–Trinajstić information content (AvgIpc) is 2.95. The van der Waals surface area contributed by atoms with Crippen LogP contribution in [0.5, 0.6) is 0 Å². The maximum absolute atomic E-state index is 9.67. The maximum Gasteiger partial charge on any atom is 0.0501 e. The van der Waals surface area contributed by atoms with Gasteiger partial charge in [0, 0.05) is 41.0 Å². The second-order valence-corrected chi connectivity index (χ2v) is 6.73. The summed E-state index contributed by atoms with van der Waals surface area (Å²) in [6.07, 6.45) is 3.01. The summed E-state index contributed by atoms with van der Waals surface area (Å²) in [4.78, 5) is 2.82. The molecule has 1 saturated heterocycles. The Morgan fingerprint density at radius 1 is 1.42 bits per heavy atom. The predicted molar refractivity (Wildman–Crippen MR) is 79.7 cm³/mol. The molecule has 1 aliphatic rings.